The molecular formula is C17H18F2N2O2S. The monoisotopic (exact) mass is 352 g/mol. The summed E-state index contributed by atoms with van der Waals surface area (Å²) in [6, 6.07) is 10.2. The fourth-order valence-corrected chi connectivity index (χ4v) is 4.53. The zero-order chi connectivity index (χ0) is 17.3. The molecule has 1 aliphatic rings. The summed E-state index contributed by atoms with van der Waals surface area (Å²) in [5, 5.41) is 0. The van der Waals surface area contributed by atoms with Gasteiger partial charge in [-0.15, -0.1) is 0 Å². The van der Waals surface area contributed by atoms with Crippen LogP contribution in [0.3, 0.4) is 0 Å². The first-order chi connectivity index (χ1) is 11.4. The van der Waals surface area contributed by atoms with Crippen LogP contribution in [0.5, 0.6) is 0 Å². The van der Waals surface area contributed by atoms with Gasteiger partial charge in [0, 0.05) is 26.2 Å². The van der Waals surface area contributed by atoms with Crippen molar-refractivity contribution in [2.24, 2.45) is 0 Å². The minimum absolute atomic E-state index is 0.0122. The van der Waals surface area contributed by atoms with Crippen molar-refractivity contribution >= 4 is 15.7 Å². The molecule has 128 valence electrons. The van der Waals surface area contributed by atoms with Crippen LogP contribution in [-0.2, 0) is 10.0 Å². The summed E-state index contributed by atoms with van der Waals surface area (Å²) >= 11 is 0. The van der Waals surface area contributed by atoms with Gasteiger partial charge >= 0.3 is 0 Å². The molecule has 0 N–H and O–H groups in total. The van der Waals surface area contributed by atoms with E-state index in [4.69, 9.17) is 0 Å². The number of piperazine rings is 1. The van der Waals surface area contributed by atoms with E-state index in [1.54, 1.807) is 25.1 Å². The van der Waals surface area contributed by atoms with Crippen LogP contribution < -0.4 is 4.90 Å². The van der Waals surface area contributed by atoms with Crippen LogP contribution in [0.15, 0.2) is 47.4 Å². The van der Waals surface area contributed by atoms with Gasteiger partial charge in [-0.2, -0.15) is 4.31 Å². The van der Waals surface area contributed by atoms with Gasteiger partial charge in [0.1, 0.15) is 11.6 Å². The molecule has 0 aliphatic carbocycles. The fourth-order valence-electron chi connectivity index (χ4n) is 2.87. The highest BCUT2D eigenvalue weighted by atomic mass is 32.2. The number of hydrogen-bond acceptors (Lipinski definition) is 3. The van der Waals surface area contributed by atoms with Crippen molar-refractivity contribution in [1.29, 1.82) is 0 Å². The Labute approximate surface area is 140 Å². The van der Waals surface area contributed by atoms with Gasteiger partial charge in [-0.25, -0.2) is 17.2 Å². The predicted octanol–water partition coefficient (Wildman–Crippen LogP) is 2.78. The lowest BCUT2D eigenvalue weighted by Gasteiger charge is -2.35. The van der Waals surface area contributed by atoms with Crippen molar-refractivity contribution in [2.75, 3.05) is 31.1 Å². The second-order valence-corrected chi connectivity index (χ2v) is 7.66. The summed E-state index contributed by atoms with van der Waals surface area (Å²) in [5.74, 6) is -0.904. The van der Waals surface area contributed by atoms with Crippen LogP contribution in [0.4, 0.5) is 14.5 Å². The lowest BCUT2D eigenvalue weighted by Crippen LogP contribution is -2.49. The van der Waals surface area contributed by atoms with Crippen molar-refractivity contribution in [1.82, 2.24) is 4.31 Å². The Morgan fingerprint density at radius 1 is 0.958 bits per heavy atom. The van der Waals surface area contributed by atoms with Gasteiger partial charge in [-0.05, 0) is 36.8 Å². The van der Waals surface area contributed by atoms with Gasteiger partial charge in [-0.3, -0.25) is 0 Å². The predicted molar refractivity (Wildman–Crippen MR) is 88.5 cm³/mol. The van der Waals surface area contributed by atoms with Crippen LogP contribution in [0, 0.1) is 18.6 Å². The molecule has 1 aliphatic heterocycles. The van der Waals surface area contributed by atoms with E-state index in [9.17, 15) is 17.2 Å². The molecule has 1 saturated heterocycles. The Balaban J connectivity index is 1.79. The Morgan fingerprint density at radius 3 is 2.29 bits per heavy atom. The average Bonchev–Trinajstić information content (AvgIpc) is 2.57. The van der Waals surface area contributed by atoms with E-state index in [0.29, 0.717) is 24.3 Å². The smallest absolute Gasteiger partial charge is 0.243 e. The normalized spacial score (nSPS) is 16.4. The molecule has 0 radical (unpaired) electrons. The minimum atomic E-state index is -3.76. The van der Waals surface area contributed by atoms with E-state index in [0.717, 1.165) is 6.07 Å². The number of para-hydroxylation sites is 1. The van der Waals surface area contributed by atoms with Crippen molar-refractivity contribution in [2.45, 2.75) is 11.8 Å². The number of halogens is 2. The zero-order valence-corrected chi connectivity index (χ0v) is 14.1. The van der Waals surface area contributed by atoms with E-state index in [1.165, 1.54) is 22.5 Å². The highest BCUT2D eigenvalue weighted by Crippen LogP contribution is 2.25. The molecule has 1 heterocycles. The van der Waals surface area contributed by atoms with Gasteiger partial charge in [0.05, 0.1) is 10.6 Å². The molecule has 0 unspecified atom stereocenters. The van der Waals surface area contributed by atoms with Crippen molar-refractivity contribution < 1.29 is 17.2 Å². The number of rotatable bonds is 3. The maximum Gasteiger partial charge on any atom is 0.243 e. The fraction of sp³-hybridized carbons (Fsp3) is 0.294. The summed E-state index contributed by atoms with van der Waals surface area (Å²) in [6.45, 7) is 2.87. The Morgan fingerprint density at radius 2 is 1.62 bits per heavy atom. The lowest BCUT2D eigenvalue weighted by molar-refractivity contribution is 0.382. The molecule has 0 bridgehead atoms. The van der Waals surface area contributed by atoms with Crippen LogP contribution >= 0.6 is 0 Å². The quantitative estimate of drug-likeness (QED) is 0.853. The first-order valence-corrected chi connectivity index (χ1v) is 9.09. The lowest BCUT2D eigenvalue weighted by atomic mass is 10.2. The molecular weight excluding hydrogens is 334 g/mol. The topological polar surface area (TPSA) is 40.6 Å². The molecule has 0 atom stereocenters. The van der Waals surface area contributed by atoms with Crippen LogP contribution in [0.2, 0.25) is 0 Å². The molecule has 3 rings (SSSR count). The standard InChI is InChI=1S/C17H18F2N2O2S/c1-13-6-7-14(18)12-17(13)24(22,23)21-10-8-20(9-11-21)16-5-3-2-4-15(16)19/h2-7,12H,8-11H2,1H3. The number of anilines is 1. The van der Waals surface area contributed by atoms with Crippen molar-refractivity contribution in [3.8, 4) is 0 Å². The van der Waals surface area contributed by atoms with Crippen LogP contribution in [0.25, 0.3) is 0 Å². The molecule has 4 nitrogen and oxygen atoms in total. The van der Waals surface area contributed by atoms with Gasteiger partial charge < -0.3 is 4.90 Å². The van der Waals surface area contributed by atoms with E-state index < -0.39 is 15.8 Å². The molecule has 0 saturated carbocycles. The average molecular weight is 352 g/mol. The van der Waals surface area contributed by atoms with Crippen molar-refractivity contribution in [3.63, 3.8) is 0 Å². The Hall–Kier alpha value is -1.99. The van der Waals surface area contributed by atoms with Gasteiger partial charge in [0.2, 0.25) is 10.0 Å². The third kappa shape index (κ3) is 3.14. The van der Waals surface area contributed by atoms with Gasteiger partial charge in [0.15, 0.2) is 0 Å². The third-order valence-electron chi connectivity index (χ3n) is 4.20. The third-order valence-corrected chi connectivity index (χ3v) is 6.24. The molecule has 24 heavy (non-hydrogen) atoms. The maximum atomic E-state index is 13.9. The summed E-state index contributed by atoms with van der Waals surface area (Å²) < 4.78 is 54.1. The summed E-state index contributed by atoms with van der Waals surface area (Å²) in [5.41, 5.74) is 0.976. The summed E-state index contributed by atoms with van der Waals surface area (Å²) in [4.78, 5) is 1.81. The SMILES string of the molecule is Cc1ccc(F)cc1S(=O)(=O)N1CCN(c2ccccc2F)CC1. The van der Waals surface area contributed by atoms with E-state index in [2.05, 4.69) is 0 Å². The molecule has 0 amide bonds. The molecule has 7 heteroatoms. The number of hydrogen-bond donors (Lipinski definition) is 0. The maximum absolute atomic E-state index is 13.9. The zero-order valence-electron chi connectivity index (χ0n) is 13.2. The van der Waals surface area contributed by atoms with Gasteiger partial charge in [-0.1, -0.05) is 18.2 Å². The highest BCUT2D eigenvalue weighted by Gasteiger charge is 2.30. The van der Waals surface area contributed by atoms with Crippen LogP contribution in [0.1, 0.15) is 5.56 Å². The largest absolute Gasteiger partial charge is 0.367 e. The first kappa shape index (κ1) is 16.9. The second kappa shape index (κ2) is 6.49. The number of benzene rings is 2. The highest BCUT2D eigenvalue weighted by molar-refractivity contribution is 7.89. The van der Waals surface area contributed by atoms with E-state index in [1.807, 2.05) is 4.90 Å². The molecule has 2 aromatic rings. The molecule has 0 aromatic heterocycles. The number of nitrogens with zero attached hydrogens (tertiary/aromatic N) is 2. The molecule has 2 aromatic carbocycles. The summed E-state index contributed by atoms with van der Waals surface area (Å²) in [6.07, 6.45) is 0. The molecule has 0 spiro atoms. The Bertz CT molecular complexity index is 847. The number of aryl methyl sites for hydroxylation is 1. The molecule has 1 fully saturated rings. The van der Waals surface area contributed by atoms with Gasteiger partial charge in [0.25, 0.3) is 0 Å². The van der Waals surface area contributed by atoms with Crippen LogP contribution in [-0.4, -0.2) is 38.9 Å². The minimum Gasteiger partial charge on any atom is -0.367 e. The van der Waals surface area contributed by atoms with Crippen molar-refractivity contribution in [3.05, 3.63) is 59.7 Å². The summed E-state index contributed by atoms with van der Waals surface area (Å²) in [7, 11) is -3.76. The first-order valence-electron chi connectivity index (χ1n) is 7.65. The number of sulfonamides is 1. The Kier molecular flexibility index (Phi) is 4.56. The second-order valence-electron chi connectivity index (χ2n) is 5.75. The van der Waals surface area contributed by atoms with E-state index >= 15 is 0 Å². The van der Waals surface area contributed by atoms with E-state index in [-0.39, 0.29) is 23.8 Å².